The van der Waals surface area contributed by atoms with Gasteiger partial charge in [-0.3, -0.25) is 4.90 Å². The molecule has 1 saturated heterocycles. The first-order valence-electron chi connectivity index (χ1n) is 7.70. The van der Waals surface area contributed by atoms with E-state index < -0.39 is 5.79 Å². The average Bonchev–Trinajstić information content (AvgIpc) is 2.98. The Morgan fingerprint density at radius 1 is 1.05 bits per heavy atom. The third-order valence-corrected chi connectivity index (χ3v) is 4.50. The van der Waals surface area contributed by atoms with E-state index in [1.165, 1.54) is 11.1 Å². The van der Waals surface area contributed by atoms with Crippen LogP contribution in [-0.2, 0) is 15.3 Å². The second-order valence-electron chi connectivity index (χ2n) is 6.39. The van der Waals surface area contributed by atoms with E-state index in [0.717, 1.165) is 6.42 Å². The molecule has 1 aliphatic heterocycles. The minimum Gasteiger partial charge on any atom is -0.343 e. The highest BCUT2D eigenvalue weighted by Crippen LogP contribution is 2.51. The fourth-order valence-corrected chi connectivity index (χ4v) is 3.92. The third-order valence-electron chi connectivity index (χ3n) is 4.50. The zero-order chi connectivity index (χ0) is 14.3. The van der Waals surface area contributed by atoms with Crippen LogP contribution in [0.3, 0.4) is 0 Å². The van der Waals surface area contributed by atoms with Crippen molar-refractivity contribution in [2.45, 2.75) is 58.0 Å². The van der Waals surface area contributed by atoms with Gasteiger partial charge in [0, 0.05) is 30.1 Å². The Hall–Kier alpha value is -0.900. The van der Waals surface area contributed by atoms with Crippen molar-refractivity contribution in [2.75, 3.05) is 13.2 Å². The Bertz CT molecular complexity index is 470. The maximum Gasteiger partial charge on any atom is 0.197 e. The molecule has 3 heteroatoms. The standard InChI is InChI=1S/C17H25NO2/c1-12(2)18(13(3)4)16-11-17(19-9-10-20-17)15-8-6-5-7-14(15)16/h5-8,12-13,16H,9-11H2,1-4H3. The summed E-state index contributed by atoms with van der Waals surface area (Å²) in [6.45, 7) is 10.5. The van der Waals surface area contributed by atoms with Gasteiger partial charge in [-0.1, -0.05) is 24.3 Å². The van der Waals surface area contributed by atoms with Crippen LogP contribution in [0.25, 0.3) is 0 Å². The lowest BCUT2D eigenvalue weighted by atomic mass is 10.0. The monoisotopic (exact) mass is 275 g/mol. The van der Waals surface area contributed by atoms with Crippen molar-refractivity contribution in [2.24, 2.45) is 0 Å². The van der Waals surface area contributed by atoms with Crippen LogP contribution in [0.15, 0.2) is 24.3 Å². The van der Waals surface area contributed by atoms with Gasteiger partial charge in [-0.15, -0.1) is 0 Å². The van der Waals surface area contributed by atoms with E-state index >= 15 is 0 Å². The van der Waals surface area contributed by atoms with Crippen molar-refractivity contribution in [3.63, 3.8) is 0 Å². The van der Waals surface area contributed by atoms with E-state index in [-0.39, 0.29) is 0 Å². The van der Waals surface area contributed by atoms with E-state index in [4.69, 9.17) is 9.47 Å². The molecule has 3 rings (SSSR count). The van der Waals surface area contributed by atoms with Gasteiger partial charge in [0.15, 0.2) is 5.79 Å². The first kappa shape index (κ1) is 14.1. The van der Waals surface area contributed by atoms with Crippen molar-refractivity contribution in [3.05, 3.63) is 35.4 Å². The van der Waals surface area contributed by atoms with Crippen molar-refractivity contribution < 1.29 is 9.47 Å². The Kier molecular flexibility index (Phi) is 3.61. The summed E-state index contributed by atoms with van der Waals surface area (Å²) in [6, 6.07) is 10.00. The summed E-state index contributed by atoms with van der Waals surface area (Å²) < 4.78 is 12.0. The maximum atomic E-state index is 6.02. The molecule has 1 atom stereocenters. The number of rotatable bonds is 3. The van der Waals surface area contributed by atoms with E-state index in [0.29, 0.717) is 31.3 Å². The average molecular weight is 275 g/mol. The van der Waals surface area contributed by atoms with Crippen LogP contribution in [0.2, 0.25) is 0 Å². The topological polar surface area (TPSA) is 21.7 Å². The predicted molar refractivity (Wildman–Crippen MR) is 79.5 cm³/mol. The molecule has 0 saturated carbocycles. The molecule has 1 aliphatic carbocycles. The van der Waals surface area contributed by atoms with E-state index in [1.807, 2.05) is 0 Å². The van der Waals surface area contributed by atoms with Gasteiger partial charge >= 0.3 is 0 Å². The van der Waals surface area contributed by atoms with Gasteiger partial charge in [-0.05, 0) is 33.3 Å². The molecule has 2 aliphatic rings. The Morgan fingerprint density at radius 3 is 2.25 bits per heavy atom. The Morgan fingerprint density at radius 2 is 1.65 bits per heavy atom. The van der Waals surface area contributed by atoms with Crippen LogP contribution in [0, 0.1) is 0 Å². The first-order chi connectivity index (χ1) is 9.55. The minimum absolute atomic E-state index is 0.379. The van der Waals surface area contributed by atoms with Crippen LogP contribution in [-0.4, -0.2) is 30.2 Å². The molecule has 1 fully saturated rings. The first-order valence-corrected chi connectivity index (χ1v) is 7.70. The summed E-state index contributed by atoms with van der Waals surface area (Å²) in [4.78, 5) is 2.57. The number of hydrogen-bond acceptors (Lipinski definition) is 3. The van der Waals surface area contributed by atoms with Crippen LogP contribution < -0.4 is 0 Å². The maximum absolute atomic E-state index is 6.02. The highest BCUT2D eigenvalue weighted by molar-refractivity contribution is 5.39. The summed E-state index contributed by atoms with van der Waals surface area (Å²) in [7, 11) is 0. The van der Waals surface area contributed by atoms with Gasteiger partial charge in [0.05, 0.1) is 13.2 Å². The van der Waals surface area contributed by atoms with Crippen molar-refractivity contribution in [3.8, 4) is 0 Å². The quantitative estimate of drug-likeness (QED) is 0.843. The minimum atomic E-state index is -0.497. The molecule has 1 aromatic rings. The summed E-state index contributed by atoms with van der Waals surface area (Å²) >= 11 is 0. The molecule has 3 nitrogen and oxygen atoms in total. The zero-order valence-corrected chi connectivity index (χ0v) is 12.9. The molecule has 0 aromatic heterocycles. The van der Waals surface area contributed by atoms with Crippen molar-refractivity contribution in [1.82, 2.24) is 4.90 Å². The highest BCUT2D eigenvalue weighted by Gasteiger charge is 2.50. The van der Waals surface area contributed by atoms with E-state index in [9.17, 15) is 0 Å². The molecule has 0 N–H and O–H groups in total. The van der Waals surface area contributed by atoms with Gasteiger partial charge in [0.25, 0.3) is 0 Å². The summed E-state index contributed by atoms with van der Waals surface area (Å²) in [5, 5.41) is 0. The fraction of sp³-hybridized carbons (Fsp3) is 0.647. The predicted octanol–water partition coefficient (Wildman–Crippen LogP) is 3.45. The SMILES string of the molecule is CC(C)N(C(C)C)C1CC2(OCCO2)c2ccccc21. The smallest absolute Gasteiger partial charge is 0.197 e. The number of hydrogen-bond donors (Lipinski definition) is 0. The summed E-state index contributed by atoms with van der Waals surface area (Å²) in [6.07, 6.45) is 0.905. The molecular formula is C17H25NO2. The Balaban J connectivity index is 2.02. The van der Waals surface area contributed by atoms with Crippen LogP contribution in [0.1, 0.15) is 51.3 Å². The molecule has 1 unspecified atom stereocenters. The van der Waals surface area contributed by atoms with Gasteiger partial charge in [-0.25, -0.2) is 0 Å². The molecule has 20 heavy (non-hydrogen) atoms. The normalized spacial score (nSPS) is 24.2. The lowest BCUT2D eigenvalue weighted by molar-refractivity contribution is -0.172. The number of fused-ring (bicyclic) bond motifs is 2. The van der Waals surface area contributed by atoms with Gasteiger partial charge in [-0.2, -0.15) is 0 Å². The zero-order valence-electron chi connectivity index (χ0n) is 12.9. The van der Waals surface area contributed by atoms with Gasteiger partial charge < -0.3 is 9.47 Å². The molecule has 0 radical (unpaired) electrons. The summed E-state index contributed by atoms with van der Waals surface area (Å²) in [5.74, 6) is -0.497. The molecule has 0 bridgehead atoms. The van der Waals surface area contributed by atoms with E-state index in [1.54, 1.807) is 0 Å². The van der Waals surface area contributed by atoms with Crippen LogP contribution in [0.5, 0.6) is 0 Å². The van der Waals surface area contributed by atoms with Crippen LogP contribution in [0.4, 0.5) is 0 Å². The second-order valence-corrected chi connectivity index (χ2v) is 6.39. The van der Waals surface area contributed by atoms with Gasteiger partial charge in [0.1, 0.15) is 0 Å². The van der Waals surface area contributed by atoms with Crippen LogP contribution >= 0.6 is 0 Å². The highest BCUT2D eigenvalue weighted by atomic mass is 16.7. The largest absolute Gasteiger partial charge is 0.343 e. The molecule has 1 aromatic carbocycles. The summed E-state index contributed by atoms with van der Waals surface area (Å²) in [5.41, 5.74) is 2.60. The number of nitrogens with zero attached hydrogens (tertiary/aromatic N) is 1. The van der Waals surface area contributed by atoms with E-state index in [2.05, 4.69) is 56.9 Å². The molecule has 1 heterocycles. The lowest BCUT2D eigenvalue weighted by Gasteiger charge is -2.37. The van der Waals surface area contributed by atoms with Crippen molar-refractivity contribution in [1.29, 1.82) is 0 Å². The number of benzene rings is 1. The third kappa shape index (κ3) is 2.09. The van der Waals surface area contributed by atoms with Gasteiger partial charge in [0.2, 0.25) is 0 Å². The molecule has 1 spiro atoms. The molecule has 0 amide bonds. The van der Waals surface area contributed by atoms with Crippen molar-refractivity contribution >= 4 is 0 Å². The lowest BCUT2D eigenvalue weighted by Crippen LogP contribution is -2.40. The fourth-order valence-electron chi connectivity index (χ4n) is 3.92. The number of ether oxygens (including phenoxy) is 2. The second kappa shape index (κ2) is 5.14. The molecular weight excluding hydrogens is 250 g/mol. The molecule has 110 valence electrons. The Labute approximate surface area is 121 Å².